The van der Waals surface area contributed by atoms with Crippen molar-refractivity contribution in [3.8, 4) is 11.1 Å². The molecule has 0 spiro atoms. The molecule has 0 aromatic heterocycles. The summed E-state index contributed by atoms with van der Waals surface area (Å²) in [6.45, 7) is 1.58. The molecule has 2 N–H and O–H groups in total. The molecule has 2 aromatic carbocycles. The molecule has 3 rings (SSSR count). The second kappa shape index (κ2) is 5.25. The minimum absolute atomic E-state index is 0.429. The van der Waals surface area contributed by atoms with Gasteiger partial charge in [-0.25, -0.2) is 4.79 Å². The maximum absolute atomic E-state index is 11.2. The van der Waals surface area contributed by atoms with Crippen LogP contribution in [0.15, 0.2) is 48.5 Å². The Bertz CT molecular complexity index is 626. The number of fused-ring (bicyclic) bond motifs is 1. The van der Waals surface area contributed by atoms with Gasteiger partial charge in [0.15, 0.2) is 0 Å². The van der Waals surface area contributed by atoms with E-state index < -0.39 is 6.09 Å². The average Bonchev–Trinajstić information content (AvgIpc) is 2.69. The van der Waals surface area contributed by atoms with Crippen molar-refractivity contribution in [3.63, 3.8) is 0 Å². The summed E-state index contributed by atoms with van der Waals surface area (Å²) in [4.78, 5) is 12.6. The predicted octanol–water partition coefficient (Wildman–Crippen LogP) is 3.26. The maximum atomic E-state index is 11.2. The van der Waals surface area contributed by atoms with Gasteiger partial charge in [-0.2, -0.15) is 0 Å². The van der Waals surface area contributed by atoms with Crippen molar-refractivity contribution in [2.75, 3.05) is 18.4 Å². The van der Waals surface area contributed by atoms with Gasteiger partial charge in [-0.15, -0.1) is 0 Å². The summed E-state index contributed by atoms with van der Waals surface area (Å²) in [6.07, 6.45) is -0.871. The van der Waals surface area contributed by atoms with Gasteiger partial charge in [-0.1, -0.05) is 36.4 Å². The third-order valence-corrected chi connectivity index (χ3v) is 3.54. The molecule has 0 radical (unpaired) electrons. The van der Waals surface area contributed by atoms with Crippen molar-refractivity contribution >= 4 is 11.8 Å². The lowest BCUT2D eigenvalue weighted by atomic mass is 10.0. The molecule has 1 amide bonds. The normalized spacial score (nSPS) is 14.1. The Morgan fingerprint density at radius 2 is 1.90 bits per heavy atom. The Morgan fingerprint density at radius 1 is 1.10 bits per heavy atom. The van der Waals surface area contributed by atoms with E-state index in [4.69, 9.17) is 0 Å². The highest BCUT2D eigenvalue weighted by Gasteiger charge is 2.18. The molecule has 1 aliphatic heterocycles. The van der Waals surface area contributed by atoms with Crippen molar-refractivity contribution < 1.29 is 9.90 Å². The maximum Gasteiger partial charge on any atom is 0.407 e. The molecule has 20 heavy (non-hydrogen) atoms. The molecule has 0 unspecified atom stereocenters. The molecule has 102 valence electrons. The van der Waals surface area contributed by atoms with Crippen LogP contribution in [0.1, 0.15) is 5.56 Å². The van der Waals surface area contributed by atoms with Crippen LogP contribution in [0.3, 0.4) is 0 Å². The summed E-state index contributed by atoms with van der Waals surface area (Å²) < 4.78 is 0. The van der Waals surface area contributed by atoms with Gasteiger partial charge in [0, 0.05) is 18.8 Å². The number of hydrogen-bond donors (Lipinski definition) is 2. The van der Waals surface area contributed by atoms with Crippen LogP contribution >= 0.6 is 0 Å². The van der Waals surface area contributed by atoms with Crippen molar-refractivity contribution in [1.82, 2.24) is 4.90 Å². The number of anilines is 1. The van der Waals surface area contributed by atoms with E-state index in [1.54, 1.807) is 0 Å². The second-order valence-electron chi connectivity index (χ2n) is 4.87. The Hall–Kier alpha value is -2.49. The number of rotatable bonds is 1. The number of hydrogen-bond acceptors (Lipinski definition) is 2. The molecule has 1 aliphatic rings. The molecular formula is C16H16N2O2. The molecular weight excluding hydrogens is 252 g/mol. The standard InChI is InChI=1S/C16H16N2O2/c19-16(20)18-9-8-17-15-7-6-13(10-14(15)11-18)12-4-2-1-3-5-12/h1-7,10,17H,8-9,11H2,(H,19,20). The summed E-state index contributed by atoms with van der Waals surface area (Å²) in [6, 6.07) is 16.3. The number of amides is 1. The molecule has 0 bridgehead atoms. The lowest BCUT2D eigenvalue weighted by molar-refractivity contribution is 0.145. The van der Waals surface area contributed by atoms with Crippen LogP contribution in [0.2, 0.25) is 0 Å². The van der Waals surface area contributed by atoms with E-state index in [2.05, 4.69) is 29.6 Å². The largest absolute Gasteiger partial charge is 0.465 e. The van der Waals surface area contributed by atoms with Gasteiger partial charge >= 0.3 is 6.09 Å². The zero-order valence-corrected chi connectivity index (χ0v) is 11.0. The van der Waals surface area contributed by atoms with Gasteiger partial charge in [0.25, 0.3) is 0 Å². The van der Waals surface area contributed by atoms with Crippen molar-refractivity contribution in [2.45, 2.75) is 6.54 Å². The Labute approximate surface area is 117 Å². The molecule has 0 fully saturated rings. The zero-order valence-electron chi connectivity index (χ0n) is 11.0. The highest BCUT2D eigenvalue weighted by molar-refractivity contribution is 5.70. The summed E-state index contributed by atoms with van der Waals surface area (Å²) in [7, 11) is 0. The van der Waals surface area contributed by atoms with Crippen LogP contribution in [-0.4, -0.2) is 29.2 Å². The Balaban J connectivity index is 1.97. The molecule has 0 aliphatic carbocycles. The van der Waals surface area contributed by atoms with E-state index in [-0.39, 0.29) is 0 Å². The van der Waals surface area contributed by atoms with Gasteiger partial charge in [-0.05, 0) is 28.8 Å². The van der Waals surface area contributed by atoms with Gasteiger partial charge in [0.05, 0.1) is 6.54 Å². The first-order chi connectivity index (χ1) is 9.74. The van der Waals surface area contributed by atoms with Gasteiger partial charge in [-0.3, -0.25) is 0 Å². The monoisotopic (exact) mass is 268 g/mol. The SMILES string of the molecule is O=C(O)N1CCNc2ccc(-c3ccccc3)cc2C1. The summed E-state index contributed by atoms with van der Waals surface area (Å²) >= 11 is 0. The minimum Gasteiger partial charge on any atom is -0.465 e. The molecule has 1 heterocycles. The molecule has 0 atom stereocenters. The summed E-state index contributed by atoms with van der Waals surface area (Å²) in [5.74, 6) is 0. The van der Waals surface area contributed by atoms with Crippen LogP contribution in [0.4, 0.5) is 10.5 Å². The second-order valence-corrected chi connectivity index (χ2v) is 4.87. The lowest BCUT2D eigenvalue weighted by Crippen LogP contribution is -2.31. The number of nitrogens with zero attached hydrogens (tertiary/aromatic N) is 1. The predicted molar refractivity (Wildman–Crippen MR) is 78.8 cm³/mol. The quantitative estimate of drug-likeness (QED) is 0.834. The number of carbonyl (C=O) groups is 1. The van der Waals surface area contributed by atoms with E-state index in [0.29, 0.717) is 19.6 Å². The Kier molecular flexibility index (Phi) is 3.29. The first-order valence-corrected chi connectivity index (χ1v) is 6.64. The fourth-order valence-corrected chi connectivity index (χ4v) is 2.48. The van der Waals surface area contributed by atoms with E-state index in [9.17, 15) is 9.90 Å². The van der Waals surface area contributed by atoms with Gasteiger partial charge < -0.3 is 15.3 Å². The van der Waals surface area contributed by atoms with Gasteiger partial charge in [0.2, 0.25) is 0 Å². The highest BCUT2D eigenvalue weighted by Crippen LogP contribution is 2.27. The summed E-state index contributed by atoms with van der Waals surface area (Å²) in [5.41, 5.74) is 4.29. The first kappa shape index (κ1) is 12.5. The fraction of sp³-hybridized carbons (Fsp3) is 0.188. The lowest BCUT2D eigenvalue weighted by Gasteiger charge is -2.16. The number of nitrogens with one attached hydrogen (secondary N) is 1. The first-order valence-electron chi connectivity index (χ1n) is 6.64. The van der Waals surface area contributed by atoms with E-state index in [1.807, 2.05) is 24.3 Å². The third kappa shape index (κ3) is 2.45. The van der Waals surface area contributed by atoms with Crippen molar-refractivity contribution in [2.24, 2.45) is 0 Å². The molecule has 2 aromatic rings. The van der Waals surface area contributed by atoms with E-state index in [0.717, 1.165) is 22.4 Å². The minimum atomic E-state index is -0.871. The van der Waals surface area contributed by atoms with Crippen LogP contribution < -0.4 is 5.32 Å². The molecule has 4 nitrogen and oxygen atoms in total. The van der Waals surface area contributed by atoms with Crippen LogP contribution in [-0.2, 0) is 6.54 Å². The average molecular weight is 268 g/mol. The summed E-state index contributed by atoms with van der Waals surface area (Å²) in [5, 5.41) is 12.5. The molecule has 4 heteroatoms. The fourth-order valence-electron chi connectivity index (χ4n) is 2.48. The topological polar surface area (TPSA) is 52.6 Å². The smallest absolute Gasteiger partial charge is 0.407 e. The Morgan fingerprint density at radius 3 is 2.65 bits per heavy atom. The molecule has 0 saturated carbocycles. The van der Waals surface area contributed by atoms with Crippen LogP contribution in [0, 0.1) is 0 Å². The van der Waals surface area contributed by atoms with Crippen molar-refractivity contribution in [3.05, 3.63) is 54.1 Å². The number of carboxylic acid groups (broad SMARTS) is 1. The highest BCUT2D eigenvalue weighted by atomic mass is 16.4. The third-order valence-electron chi connectivity index (χ3n) is 3.54. The van der Waals surface area contributed by atoms with Crippen molar-refractivity contribution in [1.29, 1.82) is 0 Å². The van der Waals surface area contributed by atoms with Gasteiger partial charge in [0.1, 0.15) is 0 Å². The molecule has 0 saturated heterocycles. The zero-order chi connectivity index (χ0) is 13.9. The van der Waals surface area contributed by atoms with Crippen LogP contribution in [0.5, 0.6) is 0 Å². The number of benzene rings is 2. The van der Waals surface area contributed by atoms with E-state index in [1.165, 1.54) is 4.90 Å². The van der Waals surface area contributed by atoms with E-state index >= 15 is 0 Å². The van der Waals surface area contributed by atoms with Crippen LogP contribution in [0.25, 0.3) is 11.1 Å².